The maximum Gasteiger partial charge on any atom is 0.262 e. The maximum absolute atomic E-state index is 5.00. The Hall–Kier alpha value is -7.84. The lowest BCUT2D eigenvalue weighted by molar-refractivity contribution is -0.669. The summed E-state index contributed by atoms with van der Waals surface area (Å²) in [5, 5.41) is 3.89. The number of hydrogen-bond acceptors (Lipinski definition) is 5. The minimum absolute atomic E-state index is 0.260. The summed E-state index contributed by atoms with van der Waals surface area (Å²) in [4.78, 5) is 6.00. The number of nitrogens with zero attached hydrogens (tertiary/aromatic N) is 4. The van der Waals surface area contributed by atoms with Crippen molar-refractivity contribution in [1.29, 1.82) is 0 Å². The molecule has 0 spiro atoms. The highest BCUT2D eigenvalue weighted by Gasteiger charge is 2.27. The number of fused-ring (bicyclic) bond motifs is 4. The third-order valence-corrected chi connectivity index (χ3v) is 16.8. The molecule has 1 aliphatic carbocycles. The molecule has 0 N–H and O–H groups in total. The lowest BCUT2D eigenvalue weighted by atomic mass is 9.73. The average Bonchev–Trinajstić information content (AvgIpc) is 4.25. The minimum Gasteiger partial charge on any atom is -0.497 e. The number of likely N-dealkylation sites (N-methyl/N-ethyl adjacent to an activating group) is 1. The SMILES string of the molecule is CCN1C(=CC=CC=CC=Cc2ccc3ccccc3[n+]2CC)C=Cc2ccccc21.CC[n+]1c(C=CC=C2C=C(C=C3Sc4ccccc4N3C)CC(C)(C)C2)sc2ccccc21.C[B]c1ccc(OC)cc1.C[B]c1ccccc1. The molecule has 0 unspecified atom stereocenters. The van der Waals surface area contributed by atoms with Crippen LogP contribution in [0, 0.1) is 5.41 Å². The van der Waals surface area contributed by atoms with Crippen molar-refractivity contribution >= 4 is 99.3 Å². The average molecular weight is 1110 g/mol. The number of hydrogen-bond donors (Lipinski definition) is 0. The molecule has 0 saturated heterocycles. The molecule has 6 aromatic carbocycles. The largest absolute Gasteiger partial charge is 0.497 e. The number of para-hydroxylation sites is 4. The summed E-state index contributed by atoms with van der Waals surface area (Å²) in [6.07, 6.45) is 32.9. The Morgan fingerprint density at radius 2 is 1.27 bits per heavy atom. The van der Waals surface area contributed by atoms with Gasteiger partial charge in [0.2, 0.25) is 16.7 Å². The molecule has 82 heavy (non-hydrogen) atoms. The first-order valence-electron chi connectivity index (χ1n) is 28.7. The summed E-state index contributed by atoms with van der Waals surface area (Å²) in [6, 6.07) is 57.0. The van der Waals surface area contributed by atoms with Gasteiger partial charge in [-0.1, -0.05) is 213 Å². The second kappa shape index (κ2) is 30.3. The van der Waals surface area contributed by atoms with Crippen LogP contribution in [0.4, 0.5) is 11.4 Å². The van der Waals surface area contributed by atoms with Crippen molar-refractivity contribution in [3.05, 3.63) is 269 Å². The Labute approximate surface area is 499 Å². The van der Waals surface area contributed by atoms with Crippen molar-refractivity contribution in [3.8, 4) is 5.75 Å². The standard InChI is InChI=1S/C29H31N2S2.C29H29N2.C8H10BO.C7H8B/c1-5-31-24-13-7-9-15-26(24)32-27(31)16-10-11-21-17-22(20-29(2,3)19-21)18-28-30(4)23-12-6-8-14-25(23)33-28;1-3-30-26(22-20-24-14-10-12-18-28(24)30)16-8-6-5-7-9-17-27-23-21-25-15-11-13-19-29(25)31(27)4-2;1-9-7-3-5-8(10-2)6-4-7;1-8-7-5-3-2-4-6-7/h6-18H,5,19-20H2,1-4H3;5-23H,3-4H2,1-2H3;3-6H,1-2H3;2-6H,1H3/q2*+1;;. The van der Waals surface area contributed by atoms with E-state index in [1.165, 1.54) is 86.5 Å². The van der Waals surface area contributed by atoms with Gasteiger partial charge in [0.1, 0.15) is 38.1 Å². The van der Waals surface area contributed by atoms with Crippen LogP contribution in [0.25, 0.3) is 39.3 Å². The van der Waals surface area contributed by atoms with Crippen LogP contribution < -0.4 is 34.6 Å². The molecule has 9 heteroatoms. The van der Waals surface area contributed by atoms with Gasteiger partial charge in [0.05, 0.1) is 17.8 Å². The zero-order chi connectivity index (χ0) is 57.7. The Bertz CT molecular complexity index is 3670. The van der Waals surface area contributed by atoms with Crippen molar-refractivity contribution in [2.75, 3.05) is 30.5 Å². The number of anilines is 2. The van der Waals surface area contributed by atoms with E-state index in [4.69, 9.17) is 4.74 Å². The van der Waals surface area contributed by atoms with Crippen molar-refractivity contribution in [2.45, 2.75) is 79.1 Å². The van der Waals surface area contributed by atoms with Crippen LogP contribution in [-0.4, -0.2) is 35.3 Å². The number of benzene rings is 6. The number of rotatable bonds is 13. The number of aryl methyl sites for hydroxylation is 2. The molecule has 0 saturated carbocycles. The molecule has 2 radical (unpaired) electrons. The van der Waals surface area contributed by atoms with E-state index in [0.717, 1.165) is 38.2 Å². The molecule has 412 valence electrons. The summed E-state index contributed by atoms with van der Waals surface area (Å²) in [6.45, 7) is 18.3. The number of methoxy groups -OCH3 is 1. The van der Waals surface area contributed by atoms with Crippen LogP contribution in [-0.2, 0) is 13.1 Å². The van der Waals surface area contributed by atoms with Crippen molar-refractivity contribution < 1.29 is 13.9 Å². The number of aromatic nitrogens is 2. The van der Waals surface area contributed by atoms with Gasteiger partial charge in [0.15, 0.2) is 0 Å². The van der Waals surface area contributed by atoms with E-state index in [2.05, 4.69) is 282 Å². The molecular formula is C73H78B2N4OS2+2. The van der Waals surface area contributed by atoms with E-state index < -0.39 is 0 Å². The molecule has 2 aliphatic heterocycles. The van der Waals surface area contributed by atoms with Crippen LogP contribution in [0.5, 0.6) is 5.75 Å². The van der Waals surface area contributed by atoms with E-state index in [1.807, 2.05) is 79.2 Å². The summed E-state index contributed by atoms with van der Waals surface area (Å²) in [5.41, 5.74) is 14.4. The highest BCUT2D eigenvalue weighted by Crippen LogP contribution is 2.47. The number of pyridine rings is 1. The van der Waals surface area contributed by atoms with Crippen LogP contribution in [0.2, 0.25) is 13.6 Å². The number of thioether (sulfide) groups is 1. The van der Waals surface area contributed by atoms with Crippen LogP contribution in [0.3, 0.4) is 0 Å². The molecule has 0 amide bonds. The van der Waals surface area contributed by atoms with Crippen molar-refractivity contribution in [3.63, 3.8) is 0 Å². The highest BCUT2D eigenvalue weighted by atomic mass is 32.2. The lowest BCUT2D eigenvalue weighted by Crippen LogP contribution is -2.36. The van der Waals surface area contributed by atoms with Gasteiger partial charge in [0, 0.05) is 65.6 Å². The van der Waals surface area contributed by atoms with E-state index in [0.29, 0.717) is 0 Å². The third kappa shape index (κ3) is 16.2. The molecule has 0 atom stereocenters. The number of allylic oxidation sites excluding steroid dienone is 13. The zero-order valence-corrected chi connectivity index (χ0v) is 51.0. The van der Waals surface area contributed by atoms with Gasteiger partial charge >= 0.3 is 0 Å². The molecular weight excluding hydrogens is 1030 g/mol. The van der Waals surface area contributed by atoms with Gasteiger partial charge in [-0.3, -0.25) is 0 Å². The summed E-state index contributed by atoms with van der Waals surface area (Å²) < 4.78 is 11.1. The van der Waals surface area contributed by atoms with Crippen molar-refractivity contribution in [2.24, 2.45) is 5.41 Å². The molecule has 0 fully saturated rings. The first-order chi connectivity index (χ1) is 40.0. The van der Waals surface area contributed by atoms with Crippen LogP contribution >= 0.6 is 23.1 Å². The van der Waals surface area contributed by atoms with E-state index >= 15 is 0 Å². The van der Waals surface area contributed by atoms with Gasteiger partial charge in [-0.15, -0.1) is 0 Å². The van der Waals surface area contributed by atoms with Crippen LogP contribution in [0.15, 0.2) is 257 Å². The summed E-state index contributed by atoms with van der Waals surface area (Å²) in [5.74, 6) is 0.908. The zero-order valence-electron chi connectivity index (χ0n) is 49.4. The first kappa shape index (κ1) is 60.3. The molecule has 5 nitrogen and oxygen atoms in total. The van der Waals surface area contributed by atoms with Crippen LogP contribution in [0.1, 0.15) is 63.7 Å². The van der Waals surface area contributed by atoms with Crippen molar-refractivity contribution in [1.82, 2.24) is 0 Å². The fourth-order valence-corrected chi connectivity index (χ4v) is 12.6. The lowest BCUT2D eigenvalue weighted by Gasteiger charge is -2.30. The Morgan fingerprint density at radius 1 is 0.610 bits per heavy atom. The maximum atomic E-state index is 5.00. The Balaban J connectivity index is 0.000000165. The molecule has 2 aromatic heterocycles. The van der Waals surface area contributed by atoms with E-state index in [9.17, 15) is 0 Å². The predicted molar refractivity (Wildman–Crippen MR) is 360 cm³/mol. The molecule has 4 heterocycles. The van der Waals surface area contributed by atoms with Gasteiger partial charge in [-0.05, 0) is 122 Å². The minimum atomic E-state index is 0.260. The second-order valence-corrected chi connectivity index (χ2v) is 22.9. The van der Waals surface area contributed by atoms with Gasteiger partial charge in [-0.25, -0.2) is 0 Å². The van der Waals surface area contributed by atoms with Gasteiger partial charge < -0.3 is 14.5 Å². The van der Waals surface area contributed by atoms with E-state index in [1.54, 1.807) is 7.11 Å². The number of ether oxygens (including phenoxy) is 1. The second-order valence-electron chi connectivity index (χ2n) is 20.8. The topological polar surface area (TPSA) is 23.5 Å². The quantitative estimate of drug-likeness (QED) is 0.0652. The van der Waals surface area contributed by atoms with Gasteiger partial charge in [-0.2, -0.15) is 9.13 Å². The highest BCUT2D eigenvalue weighted by molar-refractivity contribution is 8.03. The normalized spacial score (nSPS) is 15.8. The molecule has 3 aliphatic rings. The summed E-state index contributed by atoms with van der Waals surface area (Å²) in [7, 11) is 7.98. The predicted octanol–water partition coefficient (Wildman–Crippen LogP) is 16.8. The van der Waals surface area contributed by atoms with Gasteiger partial charge in [0.25, 0.3) is 5.01 Å². The van der Waals surface area contributed by atoms with E-state index in [-0.39, 0.29) is 5.41 Å². The third-order valence-electron chi connectivity index (χ3n) is 14.5. The number of thiazole rings is 1. The fourth-order valence-electron chi connectivity index (χ4n) is 10.4. The first-order valence-corrected chi connectivity index (χ1v) is 30.4. The Kier molecular flexibility index (Phi) is 22.3. The molecule has 8 aromatic rings. The monoisotopic (exact) mass is 1110 g/mol. The Morgan fingerprint density at radius 3 is 1.99 bits per heavy atom. The fraction of sp³-hybridized carbons (Fsp3) is 0.205. The smallest absolute Gasteiger partial charge is 0.262 e. The molecule has 11 rings (SSSR count). The molecule has 0 bridgehead atoms. The summed E-state index contributed by atoms with van der Waals surface area (Å²) >= 11 is 3.74.